The number of methoxy groups -OCH3 is 1. The summed E-state index contributed by atoms with van der Waals surface area (Å²) < 4.78 is 4.76. The van der Waals surface area contributed by atoms with Crippen LogP contribution in [0.2, 0.25) is 0 Å². The van der Waals surface area contributed by atoms with Crippen molar-refractivity contribution < 1.29 is 9.53 Å². The molecule has 4 nitrogen and oxygen atoms in total. The summed E-state index contributed by atoms with van der Waals surface area (Å²) in [6.07, 6.45) is 2.06. The Labute approximate surface area is 130 Å². The molecule has 0 radical (unpaired) electrons. The fraction of sp³-hybridized carbons (Fsp3) is 0.941. The second-order valence-corrected chi connectivity index (χ2v) is 5.83. The SMILES string of the molecule is CC.CC.COC(=O)N1CCC(N2CC3C(C)C3C2)CC1. The Morgan fingerprint density at radius 3 is 1.90 bits per heavy atom. The molecule has 3 aliphatic rings. The number of carbonyl (C=O) groups excluding carboxylic acids is 1. The largest absolute Gasteiger partial charge is 0.453 e. The molecule has 1 saturated carbocycles. The lowest BCUT2D eigenvalue weighted by atomic mass is 10.0. The van der Waals surface area contributed by atoms with Gasteiger partial charge < -0.3 is 9.64 Å². The van der Waals surface area contributed by atoms with E-state index in [0.29, 0.717) is 6.04 Å². The van der Waals surface area contributed by atoms with Crippen LogP contribution in [-0.2, 0) is 4.74 Å². The number of fused-ring (bicyclic) bond motifs is 1. The molecule has 0 aromatic rings. The van der Waals surface area contributed by atoms with Gasteiger partial charge in [-0.3, -0.25) is 4.90 Å². The first-order chi connectivity index (χ1) is 10.2. The van der Waals surface area contributed by atoms with Gasteiger partial charge in [0.1, 0.15) is 0 Å². The topological polar surface area (TPSA) is 32.8 Å². The average Bonchev–Trinajstić information content (AvgIpc) is 2.98. The van der Waals surface area contributed by atoms with Crippen LogP contribution in [0, 0.1) is 17.8 Å². The van der Waals surface area contributed by atoms with Gasteiger partial charge in [-0.05, 0) is 30.6 Å². The third-order valence-electron chi connectivity index (χ3n) is 5.06. The monoisotopic (exact) mass is 298 g/mol. The van der Waals surface area contributed by atoms with Crippen molar-refractivity contribution in [3.05, 3.63) is 0 Å². The Morgan fingerprint density at radius 1 is 1.00 bits per heavy atom. The van der Waals surface area contributed by atoms with Crippen LogP contribution >= 0.6 is 0 Å². The second-order valence-electron chi connectivity index (χ2n) is 5.83. The Bertz CT molecular complexity index is 302. The molecule has 3 fully saturated rings. The molecule has 2 aliphatic heterocycles. The number of ether oxygens (including phenoxy) is 1. The number of rotatable bonds is 1. The molecule has 0 aromatic carbocycles. The highest BCUT2D eigenvalue weighted by Gasteiger charge is 2.53. The van der Waals surface area contributed by atoms with Gasteiger partial charge in [-0.25, -0.2) is 4.79 Å². The quantitative estimate of drug-likeness (QED) is 0.743. The summed E-state index contributed by atoms with van der Waals surface area (Å²) in [4.78, 5) is 15.9. The van der Waals surface area contributed by atoms with Gasteiger partial charge in [0.2, 0.25) is 0 Å². The van der Waals surface area contributed by atoms with E-state index in [2.05, 4.69) is 11.8 Å². The first kappa shape index (κ1) is 18.3. The molecule has 124 valence electrons. The maximum absolute atomic E-state index is 11.4. The van der Waals surface area contributed by atoms with Crippen LogP contribution in [0.4, 0.5) is 4.79 Å². The van der Waals surface area contributed by atoms with E-state index in [0.717, 1.165) is 43.7 Å². The molecule has 0 spiro atoms. The lowest BCUT2D eigenvalue weighted by Crippen LogP contribution is -2.46. The third-order valence-corrected chi connectivity index (χ3v) is 5.06. The van der Waals surface area contributed by atoms with Crippen LogP contribution in [0.3, 0.4) is 0 Å². The molecule has 21 heavy (non-hydrogen) atoms. The van der Waals surface area contributed by atoms with Crippen molar-refractivity contribution in [1.29, 1.82) is 0 Å². The van der Waals surface area contributed by atoms with Crippen LogP contribution in [-0.4, -0.2) is 55.2 Å². The zero-order valence-corrected chi connectivity index (χ0v) is 14.8. The predicted octanol–water partition coefficient (Wildman–Crippen LogP) is 3.47. The second kappa shape index (κ2) is 8.62. The Hall–Kier alpha value is -0.770. The molecule has 2 heterocycles. The van der Waals surface area contributed by atoms with Gasteiger partial charge in [0.15, 0.2) is 0 Å². The van der Waals surface area contributed by atoms with Crippen LogP contribution in [0.1, 0.15) is 47.5 Å². The summed E-state index contributed by atoms with van der Waals surface area (Å²) in [5, 5.41) is 0. The van der Waals surface area contributed by atoms with Gasteiger partial charge in [-0.1, -0.05) is 34.6 Å². The van der Waals surface area contributed by atoms with Crippen molar-refractivity contribution in [3.8, 4) is 0 Å². The van der Waals surface area contributed by atoms with Crippen molar-refractivity contribution in [2.24, 2.45) is 17.8 Å². The molecule has 0 bridgehead atoms. The van der Waals surface area contributed by atoms with E-state index in [-0.39, 0.29) is 6.09 Å². The van der Waals surface area contributed by atoms with Gasteiger partial charge in [-0.15, -0.1) is 0 Å². The number of hydrogen-bond donors (Lipinski definition) is 0. The van der Waals surface area contributed by atoms with E-state index >= 15 is 0 Å². The highest BCUT2D eigenvalue weighted by atomic mass is 16.5. The molecule has 3 rings (SSSR count). The number of nitrogens with zero attached hydrogens (tertiary/aromatic N) is 2. The van der Waals surface area contributed by atoms with Gasteiger partial charge in [-0.2, -0.15) is 0 Å². The lowest BCUT2D eigenvalue weighted by Gasteiger charge is -2.36. The summed E-state index contributed by atoms with van der Waals surface area (Å²) in [5.41, 5.74) is 0. The minimum atomic E-state index is -0.165. The normalized spacial score (nSPS) is 31.3. The highest BCUT2D eigenvalue weighted by Crippen LogP contribution is 2.52. The fourth-order valence-corrected chi connectivity index (χ4v) is 3.70. The zero-order valence-electron chi connectivity index (χ0n) is 14.8. The summed E-state index contributed by atoms with van der Waals surface area (Å²) in [6.45, 7) is 14.7. The van der Waals surface area contributed by atoms with Crippen molar-refractivity contribution in [2.75, 3.05) is 33.3 Å². The van der Waals surface area contributed by atoms with E-state index in [1.165, 1.54) is 20.2 Å². The van der Waals surface area contributed by atoms with Crippen molar-refractivity contribution in [2.45, 2.75) is 53.5 Å². The minimum Gasteiger partial charge on any atom is -0.453 e. The summed E-state index contributed by atoms with van der Waals surface area (Å²) in [7, 11) is 1.46. The molecule has 1 amide bonds. The number of carbonyl (C=O) groups is 1. The van der Waals surface area contributed by atoms with E-state index < -0.39 is 0 Å². The molecule has 4 heteroatoms. The van der Waals surface area contributed by atoms with E-state index in [9.17, 15) is 4.79 Å². The zero-order chi connectivity index (χ0) is 16.0. The van der Waals surface area contributed by atoms with Crippen LogP contribution < -0.4 is 0 Å². The molecule has 1 aliphatic carbocycles. The molecule has 0 aromatic heterocycles. The maximum atomic E-state index is 11.4. The van der Waals surface area contributed by atoms with Gasteiger partial charge >= 0.3 is 6.09 Å². The first-order valence-corrected chi connectivity index (χ1v) is 8.77. The lowest BCUT2D eigenvalue weighted by molar-refractivity contribution is 0.0868. The summed E-state index contributed by atoms with van der Waals surface area (Å²) in [5.74, 6) is 2.93. The number of amides is 1. The fourth-order valence-electron chi connectivity index (χ4n) is 3.70. The van der Waals surface area contributed by atoms with Crippen molar-refractivity contribution in [3.63, 3.8) is 0 Å². The predicted molar refractivity (Wildman–Crippen MR) is 87.4 cm³/mol. The van der Waals surface area contributed by atoms with Gasteiger partial charge in [0, 0.05) is 32.2 Å². The average molecular weight is 298 g/mol. The van der Waals surface area contributed by atoms with Crippen molar-refractivity contribution in [1.82, 2.24) is 9.80 Å². The van der Waals surface area contributed by atoms with E-state index in [1.807, 2.05) is 32.6 Å². The number of likely N-dealkylation sites (tertiary alicyclic amines) is 2. The summed E-state index contributed by atoms with van der Waals surface area (Å²) in [6, 6.07) is 0.705. The van der Waals surface area contributed by atoms with Gasteiger partial charge in [0.05, 0.1) is 7.11 Å². The first-order valence-electron chi connectivity index (χ1n) is 8.77. The highest BCUT2D eigenvalue weighted by molar-refractivity contribution is 5.67. The molecule has 0 N–H and O–H groups in total. The number of hydrogen-bond acceptors (Lipinski definition) is 3. The maximum Gasteiger partial charge on any atom is 0.409 e. The van der Waals surface area contributed by atoms with Crippen LogP contribution in [0.5, 0.6) is 0 Å². The van der Waals surface area contributed by atoms with Gasteiger partial charge in [0.25, 0.3) is 0 Å². The molecule has 2 atom stereocenters. The Balaban J connectivity index is 0.000000510. The van der Waals surface area contributed by atoms with Crippen LogP contribution in [0.15, 0.2) is 0 Å². The molecule has 2 unspecified atom stereocenters. The third kappa shape index (κ3) is 4.12. The number of piperidine rings is 2. The van der Waals surface area contributed by atoms with Crippen molar-refractivity contribution >= 4 is 6.09 Å². The standard InChI is InChI=1S/C13H22N2O2.2C2H6/c1-9-11-7-15(8-12(9)11)10-3-5-14(6-4-10)13(16)17-2;2*1-2/h9-12H,3-8H2,1-2H3;2*1-2H3. The molecule has 2 saturated heterocycles. The molecular formula is C17H34N2O2. The minimum absolute atomic E-state index is 0.165. The summed E-state index contributed by atoms with van der Waals surface area (Å²) >= 11 is 0. The Morgan fingerprint density at radius 2 is 1.48 bits per heavy atom. The van der Waals surface area contributed by atoms with E-state index in [1.54, 1.807) is 0 Å². The molecular weight excluding hydrogens is 264 g/mol. The Kier molecular flexibility index (Phi) is 7.50. The van der Waals surface area contributed by atoms with E-state index in [4.69, 9.17) is 4.74 Å². The van der Waals surface area contributed by atoms with Crippen LogP contribution in [0.25, 0.3) is 0 Å². The smallest absolute Gasteiger partial charge is 0.409 e.